The summed E-state index contributed by atoms with van der Waals surface area (Å²) in [6.45, 7) is 1.53. The number of amides is 1. The van der Waals surface area contributed by atoms with E-state index < -0.39 is 0 Å². The van der Waals surface area contributed by atoms with Crippen LogP contribution in [-0.4, -0.2) is 44.4 Å². The van der Waals surface area contributed by atoms with Crippen LogP contribution in [0.2, 0.25) is 0 Å². The Bertz CT molecular complexity index is 747. The van der Waals surface area contributed by atoms with E-state index in [2.05, 4.69) is 15.3 Å². The number of aromatic amines is 1. The van der Waals surface area contributed by atoms with Crippen LogP contribution in [0.3, 0.4) is 0 Å². The number of carbonyl (C=O) groups is 1. The standard InChI is InChI=1S/C16H19N5O/c1-20(9-5-11-21-10-4-8-17-21)16(22)12-15-13-6-2-3-7-14(13)18-19-15/h2-4,6-8,10H,5,9,11-12H2,1H3,(H,18,19). The van der Waals surface area contributed by atoms with Gasteiger partial charge in [-0.25, -0.2) is 0 Å². The summed E-state index contributed by atoms with van der Waals surface area (Å²) in [5, 5.41) is 12.4. The van der Waals surface area contributed by atoms with E-state index in [1.807, 2.05) is 48.3 Å². The van der Waals surface area contributed by atoms with E-state index in [4.69, 9.17) is 0 Å². The zero-order chi connectivity index (χ0) is 15.4. The molecule has 6 nitrogen and oxygen atoms in total. The number of aromatic nitrogens is 4. The molecule has 0 atom stereocenters. The van der Waals surface area contributed by atoms with E-state index in [1.54, 1.807) is 11.1 Å². The highest BCUT2D eigenvalue weighted by atomic mass is 16.2. The molecule has 1 aromatic carbocycles. The quantitative estimate of drug-likeness (QED) is 0.755. The second kappa shape index (κ2) is 6.43. The number of aryl methyl sites for hydroxylation is 1. The summed E-state index contributed by atoms with van der Waals surface area (Å²) in [4.78, 5) is 14.1. The number of H-pyrrole nitrogens is 1. The molecule has 0 aliphatic rings. The van der Waals surface area contributed by atoms with Crippen LogP contribution in [0.4, 0.5) is 0 Å². The molecule has 0 spiro atoms. The largest absolute Gasteiger partial charge is 0.345 e. The molecule has 0 bridgehead atoms. The molecule has 0 radical (unpaired) electrons. The van der Waals surface area contributed by atoms with E-state index in [9.17, 15) is 4.79 Å². The van der Waals surface area contributed by atoms with Gasteiger partial charge in [-0.2, -0.15) is 10.2 Å². The van der Waals surface area contributed by atoms with Crippen molar-refractivity contribution in [3.63, 3.8) is 0 Å². The van der Waals surface area contributed by atoms with Crippen LogP contribution < -0.4 is 0 Å². The van der Waals surface area contributed by atoms with Crippen LogP contribution in [0, 0.1) is 0 Å². The number of para-hydroxylation sites is 1. The number of carbonyl (C=O) groups excluding carboxylic acids is 1. The number of benzene rings is 1. The van der Waals surface area contributed by atoms with Crippen molar-refractivity contribution in [2.24, 2.45) is 0 Å². The van der Waals surface area contributed by atoms with Crippen LogP contribution >= 0.6 is 0 Å². The molecule has 3 aromatic rings. The van der Waals surface area contributed by atoms with Gasteiger partial charge in [-0.05, 0) is 18.6 Å². The first-order chi connectivity index (χ1) is 10.7. The number of likely N-dealkylation sites (N-methyl/N-ethyl adjacent to an activating group) is 1. The number of hydrogen-bond acceptors (Lipinski definition) is 3. The van der Waals surface area contributed by atoms with Gasteiger partial charge in [0.2, 0.25) is 5.91 Å². The van der Waals surface area contributed by atoms with Crippen molar-refractivity contribution < 1.29 is 4.79 Å². The lowest BCUT2D eigenvalue weighted by Crippen LogP contribution is -2.30. The second-order valence-electron chi connectivity index (χ2n) is 5.33. The van der Waals surface area contributed by atoms with E-state index in [1.165, 1.54) is 0 Å². The highest BCUT2D eigenvalue weighted by molar-refractivity contribution is 5.87. The molecule has 0 fully saturated rings. The lowest BCUT2D eigenvalue weighted by atomic mass is 10.1. The van der Waals surface area contributed by atoms with Crippen LogP contribution in [0.25, 0.3) is 10.9 Å². The zero-order valence-electron chi connectivity index (χ0n) is 12.6. The predicted octanol–water partition coefficient (Wildman–Crippen LogP) is 1.85. The minimum Gasteiger partial charge on any atom is -0.345 e. The summed E-state index contributed by atoms with van der Waals surface area (Å²) in [6.07, 6.45) is 4.92. The normalized spacial score (nSPS) is 11.0. The summed E-state index contributed by atoms with van der Waals surface area (Å²) in [7, 11) is 1.84. The predicted molar refractivity (Wildman–Crippen MR) is 84.3 cm³/mol. The topological polar surface area (TPSA) is 66.8 Å². The minimum atomic E-state index is 0.0925. The smallest absolute Gasteiger partial charge is 0.228 e. The Balaban J connectivity index is 1.54. The summed E-state index contributed by atoms with van der Waals surface area (Å²) >= 11 is 0. The zero-order valence-corrected chi connectivity index (χ0v) is 12.6. The molecule has 0 aliphatic carbocycles. The first kappa shape index (κ1) is 14.3. The third-order valence-electron chi connectivity index (χ3n) is 3.73. The Morgan fingerprint density at radius 2 is 2.18 bits per heavy atom. The molecule has 3 rings (SSSR count). The lowest BCUT2D eigenvalue weighted by Gasteiger charge is -2.16. The molecule has 1 amide bonds. The molecule has 114 valence electrons. The van der Waals surface area contributed by atoms with E-state index in [-0.39, 0.29) is 5.91 Å². The van der Waals surface area contributed by atoms with Gasteiger partial charge in [-0.15, -0.1) is 0 Å². The molecule has 0 unspecified atom stereocenters. The second-order valence-corrected chi connectivity index (χ2v) is 5.33. The van der Waals surface area contributed by atoms with Gasteiger partial charge >= 0.3 is 0 Å². The minimum absolute atomic E-state index is 0.0925. The highest BCUT2D eigenvalue weighted by Crippen LogP contribution is 2.16. The molecule has 1 N–H and O–H groups in total. The van der Waals surface area contributed by atoms with Crippen molar-refractivity contribution in [1.82, 2.24) is 24.9 Å². The Kier molecular flexibility index (Phi) is 4.18. The van der Waals surface area contributed by atoms with Crippen LogP contribution in [0.15, 0.2) is 42.7 Å². The van der Waals surface area contributed by atoms with Gasteiger partial charge in [0.05, 0.1) is 17.6 Å². The fraction of sp³-hybridized carbons (Fsp3) is 0.312. The van der Waals surface area contributed by atoms with Gasteiger partial charge in [0.25, 0.3) is 0 Å². The molecule has 2 aromatic heterocycles. The fourth-order valence-corrected chi connectivity index (χ4v) is 2.46. The highest BCUT2D eigenvalue weighted by Gasteiger charge is 2.13. The first-order valence-electron chi connectivity index (χ1n) is 7.37. The number of nitrogens with zero attached hydrogens (tertiary/aromatic N) is 4. The van der Waals surface area contributed by atoms with Crippen molar-refractivity contribution in [1.29, 1.82) is 0 Å². The van der Waals surface area contributed by atoms with Crippen LogP contribution in [-0.2, 0) is 17.8 Å². The molecular weight excluding hydrogens is 278 g/mol. The SMILES string of the molecule is CN(CCCn1cccn1)C(=O)Cc1[nH]nc2ccccc12. The summed E-state index contributed by atoms with van der Waals surface area (Å²) < 4.78 is 1.88. The maximum atomic E-state index is 12.3. The molecule has 6 heteroatoms. The molecular formula is C16H19N5O. The Morgan fingerprint density at radius 3 is 3.00 bits per heavy atom. The van der Waals surface area contributed by atoms with Gasteiger partial charge in [0, 0.05) is 37.9 Å². The molecule has 0 saturated heterocycles. The fourth-order valence-electron chi connectivity index (χ4n) is 2.46. The summed E-state index contributed by atoms with van der Waals surface area (Å²) in [5.41, 5.74) is 1.77. The maximum absolute atomic E-state index is 12.3. The first-order valence-corrected chi connectivity index (χ1v) is 7.37. The van der Waals surface area contributed by atoms with E-state index >= 15 is 0 Å². The number of fused-ring (bicyclic) bond motifs is 1. The monoisotopic (exact) mass is 297 g/mol. The molecule has 0 saturated carbocycles. The van der Waals surface area contributed by atoms with Crippen molar-refractivity contribution in [3.8, 4) is 0 Å². The third-order valence-corrected chi connectivity index (χ3v) is 3.73. The average Bonchev–Trinajstić information content (AvgIpc) is 3.17. The third kappa shape index (κ3) is 3.16. The number of hydrogen-bond donors (Lipinski definition) is 1. The van der Waals surface area contributed by atoms with Gasteiger partial charge in [-0.3, -0.25) is 14.6 Å². The molecule has 22 heavy (non-hydrogen) atoms. The van der Waals surface area contributed by atoms with Crippen molar-refractivity contribution in [2.45, 2.75) is 19.4 Å². The van der Waals surface area contributed by atoms with Gasteiger partial charge in [0.15, 0.2) is 0 Å². The van der Waals surface area contributed by atoms with Crippen molar-refractivity contribution in [2.75, 3.05) is 13.6 Å². The summed E-state index contributed by atoms with van der Waals surface area (Å²) in [5.74, 6) is 0.0925. The van der Waals surface area contributed by atoms with E-state index in [0.29, 0.717) is 13.0 Å². The van der Waals surface area contributed by atoms with Gasteiger partial charge in [0.1, 0.15) is 0 Å². The maximum Gasteiger partial charge on any atom is 0.228 e. The lowest BCUT2D eigenvalue weighted by molar-refractivity contribution is -0.129. The van der Waals surface area contributed by atoms with Gasteiger partial charge in [-0.1, -0.05) is 18.2 Å². The van der Waals surface area contributed by atoms with Crippen LogP contribution in [0.1, 0.15) is 12.1 Å². The van der Waals surface area contributed by atoms with Crippen molar-refractivity contribution in [3.05, 3.63) is 48.4 Å². The number of rotatable bonds is 6. The molecule has 0 aliphatic heterocycles. The Hall–Kier alpha value is -2.63. The Morgan fingerprint density at radius 1 is 1.32 bits per heavy atom. The van der Waals surface area contributed by atoms with Crippen LogP contribution in [0.5, 0.6) is 0 Å². The number of nitrogens with one attached hydrogen (secondary N) is 1. The molecule has 2 heterocycles. The average molecular weight is 297 g/mol. The van der Waals surface area contributed by atoms with E-state index in [0.717, 1.165) is 29.6 Å². The van der Waals surface area contributed by atoms with Gasteiger partial charge < -0.3 is 4.90 Å². The Labute approximate surface area is 128 Å². The van der Waals surface area contributed by atoms with Crippen molar-refractivity contribution >= 4 is 16.8 Å². The summed E-state index contributed by atoms with van der Waals surface area (Å²) in [6, 6.07) is 9.72.